The molecule has 1 aromatic rings. The number of rotatable bonds is 3. The zero-order valence-electron chi connectivity index (χ0n) is 9.49. The maximum absolute atomic E-state index is 13.6. The molecule has 5 heteroatoms. The maximum Gasteiger partial charge on any atom is 0.136 e. The summed E-state index contributed by atoms with van der Waals surface area (Å²) in [5.41, 5.74) is 6.22. The van der Waals surface area contributed by atoms with Crippen molar-refractivity contribution in [2.45, 2.75) is 6.42 Å². The van der Waals surface area contributed by atoms with Crippen molar-refractivity contribution >= 4 is 11.5 Å². The molecule has 0 aliphatic carbocycles. The van der Waals surface area contributed by atoms with E-state index in [1.54, 1.807) is 12.1 Å². The van der Waals surface area contributed by atoms with Crippen LogP contribution in [0.25, 0.3) is 0 Å². The third kappa shape index (κ3) is 2.24. The van der Waals surface area contributed by atoms with Crippen molar-refractivity contribution in [2.75, 3.05) is 24.6 Å². The number of hydrogen-bond acceptors (Lipinski definition) is 3. The Bertz CT molecular complexity index is 436. The largest absolute Gasteiger partial charge is 0.396 e. The highest BCUT2D eigenvalue weighted by Crippen LogP contribution is 2.28. The molecule has 17 heavy (non-hydrogen) atoms. The van der Waals surface area contributed by atoms with Crippen molar-refractivity contribution < 1.29 is 9.50 Å². The van der Waals surface area contributed by atoms with Crippen LogP contribution in [0.1, 0.15) is 12.0 Å². The average Bonchev–Trinajstić information content (AvgIpc) is 2.76. The molecule has 2 rings (SSSR count). The number of aliphatic hydroxyl groups is 1. The summed E-state index contributed by atoms with van der Waals surface area (Å²) in [5, 5.41) is 16.5. The molecule has 4 N–H and O–H groups in total. The van der Waals surface area contributed by atoms with Gasteiger partial charge in [-0.05, 0) is 18.6 Å². The van der Waals surface area contributed by atoms with E-state index in [0.29, 0.717) is 12.2 Å². The molecule has 1 aliphatic rings. The van der Waals surface area contributed by atoms with Crippen LogP contribution < -0.4 is 10.6 Å². The quantitative estimate of drug-likeness (QED) is 0.541. The molecular formula is C12H16FN3O. The van der Waals surface area contributed by atoms with Crippen LogP contribution in [0.2, 0.25) is 0 Å². The predicted molar refractivity (Wildman–Crippen MR) is 64.8 cm³/mol. The van der Waals surface area contributed by atoms with Gasteiger partial charge in [0.2, 0.25) is 0 Å². The minimum atomic E-state index is -0.470. The molecule has 1 atom stereocenters. The normalized spacial score (nSPS) is 19.6. The van der Waals surface area contributed by atoms with E-state index in [-0.39, 0.29) is 23.9 Å². The van der Waals surface area contributed by atoms with E-state index in [1.807, 2.05) is 4.90 Å². The van der Waals surface area contributed by atoms with Crippen LogP contribution in [0.4, 0.5) is 10.1 Å². The summed E-state index contributed by atoms with van der Waals surface area (Å²) in [6, 6.07) is 4.68. The highest BCUT2D eigenvalue weighted by atomic mass is 19.1. The summed E-state index contributed by atoms with van der Waals surface area (Å²) >= 11 is 0. The molecule has 92 valence electrons. The van der Waals surface area contributed by atoms with E-state index in [9.17, 15) is 4.39 Å². The average molecular weight is 237 g/mol. The molecule has 0 bridgehead atoms. The first-order valence-corrected chi connectivity index (χ1v) is 5.62. The van der Waals surface area contributed by atoms with Crippen LogP contribution in [0.15, 0.2) is 18.2 Å². The number of nitrogens with one attached hydrogen (secondary N) is 1. The van der Waals surface area contributed by atoms with E-state index in [4.69, 9.17) is 16.2 Å². The fourth-order valence-corrected chi connectivity index (χ4v) is 2.24. The number of hydrogen-bond donors (Lipinski definition) is 3. The lowest BCUT2D eigenvalue weighted by Gasteiger charge is -2.21. The molecule has 0 spiro atoms. The Morgan fingerprint density at radius 1 is 1.59 bits per heavy atom. The highest BCUT2D eigenvalue weighted by molar-refractivity contribution is 6.00. The topological polar surface area (TPSA) is 73.3 Å². The van der Waals surface area contributed by atoms with Crippen molar-refractivity contribution in [1.82, 2.24) is 0 Å². The van der Waals surface area contributed by atoms with Crippen LogP contribution in [0, 0.1) is 17.1 Å². The van der Waals surface area contributed by atoms with Crippen molar-refractivity contribution in [2.24, 2.45) is 11.7 Å². The molecule has 1 unspecified atom stereocenters. The van der Waals surface area contributed by atoms with Gasteiger partial charge in [0.05, 0.1) is 11.3 Å². The number of nitrogens with zero attached hydrogens (tertiary/aromatic N) is 1. The van der Waals surface area contributed by atoms with Crippen LogP contribution in [-0.2, 0) is 0 Å². The van der Waals surface area contributed by atoms with Crippen LogP contribution in [0.5, 0.6) is 0 Å². The molecule has 1 heterocycles. The van der Waals surface area contributed by atoms with Gasteiger partial charge < -0.3 is 15.7 Å². The first kappa shape index (κ1) is 11.9. The van der Waals surface area contributed by atoms with Gasteiger partial charge in [0.25, 0.3) is 0 Å². The predicted octanol–water partition coefficient (Wildman–Crippen LogP) is 0.928. The van der Waals surface area contributed by atoms with Gasteiger partial charge in [-0.2, -0.15) is 0 Å². The fourth-order valence-electron chi connectivity index (χ4n) is 2.24. The second-order valence-electron chi connectivity index (χ2n) is 4.33. The lowest BCUT2D eigenvalue weighted by Crippen LogP contribution is -2.25. The standard InChI is InChI=1S/C12H16FN3O/c13-9-2-1-3-10(11(9)12(14)15)16-5-4-8(6-16)7-17/h1-3,8,17H,4-7H2,(H3,14,15). The Kier molecular flexibility index (Phi) is 3.28. The number of amidine groups is 1. The van der Waals surface area contributed by atoms with E-state index in [2.05, 4.69) is 0 Å². The van der Waals surface area contributed by atoms with Crippen LogP contribution in [-0.4, -0.2) is 30.6 Å². The Morgan fingerprint density at radius 2 is 2.35 bits per heavy atom. The van der Waals surface area contributed by atoms with Gasteiger partial charge in [-0.25, -0.2) is 4.39 Å². The summed E-state index contributed by atoms with van der Waals surface area (Å²) in [5.74, 6) is -0.508. The number of nitrogens with two attached hydrogens (primary N) is 1. The zero-order chi connectivity index (χ0) is 12.4. The summed E-state index contributed by atoms with van der Waals surface area (Å²) in [6.07, 6.45) is 0.879. The van der Waals surface area contributed by atoms with E-state index in [0.717, 1.165) is 13.0 Å². The van der Waals surface area contributed by atoms with Gasteiger partial charge in [-0.1, -0.05) is 6.07 Å². The highest BCUT2D eigenvalue weighted by Gasteiger charge is 2.25. The lowest BCUT2D eigenvalue weighted by molar-refractivity contribution is 0.238. The second-order valence-corrected chi connectivity index (χ2v) is 4.33. The molecule has 1 saturated heterocycles. The second kappa shape index (κ2) is 4.71. The molecule has 0 aromatic heterocycles. The van der Waals surface area contributed by atoms with E-state index in [1.165, 1.54) is 6.07 Å². The minimum Gasteiger partial charge on any atom is -0.396 e. The summed E-state index contributed by atoms with van der Waals surface area (Å²) < 4.78 is 13.6. The molecule has 0 radical (unpaired) electrons. The van der Waals surface area contributed by atoms with Gasteiger partial charge in [0.1, 0.15) is 11.7 Å². The first-order chi connectivity index (χ1) is 8.13. The molecule has 0 saturated carbocycles. The van der Waals surface area contributed by atoms with Crippen molar-refractivity contribution in [1.29, 1.82) is 5.41 Å². The number of halogens is 1. The summed E-state index contributed by atoms with van der Waals surface area (Å²) in [7, 11) is 0. The number of aliphatic hydroxyl groups excluding tert-OH is 1. The van der Waals surface area contributed by atoms with Crippen molar-refractivity contribution in [3.63, 3.8) is 0 Å². The third-order valence-electron chi connectivity index (χ3n) is 3.15. The first-order valence-electron chi connectivity index (χ1n) is 5.62. The SMILES string of the molecule is N=C(N)c1c(F)cccc1N1CCC(CO)C1. The Morgan fingerprint density at radius 3 is 2.94 bits per heavy atom. The van der Waals surface area contributed by atoms with E-state index >= 15 is 0 Å². The van der Waals surface area contributed by atoms with Gasteiger partial charge in [-0.3, -0.25) is 5.41 Å². The molecule has 1 aromatic carbocycles. The summed E-state index contributed by atoms with van der Waals surface area (Å²) in [4.78, 5) is 1.97. The minimum absolute atomic E-state index is 0.140. The number of nitrogen functional groups attached to an aromatic ring is 1. The van der Waals surface area contributed by atoms with E-state index < -0.39 is 5.82 Å². The Labute approximate surface area is 99.4 Å². The zero-order valence-corrected chi connectivity index (χ0v) is 9.49. The monoisotopic (exact) mass is 237 g/mol. The third-order valence-corrected chi connectivity index (χ3v) is 3.15. The van der Waals surface area contributed by atoms with Crippen LogP contribution >= 0.6 is 0 Å². The smallest absolute Gasteiger partial charge is 0.136 e. The maximum atomic E-state index is 13.6. The Hall–Kier alpha value is -1.62. The number of benzene rings is 1. The molecule has 0 amide bonds. The molecule has 1 aliphatic heterocycles. The van der Waals surface area contributed by atoms with Gasteiger partial charge in [0.15, 0.2) is 0 Å². The molecule has 1 fully saturated rings. The number of anilines is 1. The molecular weight excluding hydrogens is 221 g/mol. The van der Waals surface area contributed by atoms with Gasteiger partial charge in [-0.15, -0.1) is 0 Å². The van der Waals surface area contributed by atoms with Gasteiger partial charge in [0, 0.05) is 25.6 Å². The Balaban J connectivity index is 2.33. The van der Waals surface area contributed by atoms with Crippen molar-refractivity contribution in [3.8, 4) is 0 Å². The van der Waals surface area contributed by atoms with Crippen LogP contribution in [0.3, 0.4) is 0 Å². The van der Waals surface area contributed by atoms with Gasteiger partial charge >= 0.3 is 0 Å². The fraction of sp³-hybridized carbons (Fsp3) is 0.417. The molecule has 4 nitrogen and oxygen atoms in total. The van der Waals surface area contributed by atoms with Crippen molar-refractivity contribution in [3.05, 3.63) is 29.6 Å². The summed E-state index contributed by atoms with van der Waals surface area (Å²) in [6.45, 7) is 1.58. The lowest BCUT2D eigenvalue weighted by atomic mass is 10.1.